The average Bonchev–Trinajstić information content (AvgIpc) is 2.31. The predicted octanol–water partition coefficient (Wildman–Crippen LogP) is 1.98. The van der Waals surface area contributed by atoms with Gasteiger partial charge < -0.3 is 9.64 Å². The summed E-state index contributed by atoms with van der Waals surface area (Å²) in [4.78, 5) is 17.8. The molecule has 0 N–H and O–H groups in total. The van der Waals surface area contributed by atoms with Gasteiger partial charge in [0.1, 0.15) is 12.2 Å². The highest BCUT2D eigenvalue weighted by Crippen LogP contribution is 2.23. The monoisotopic (exact) mass is 273 g/mol. The standard InChI is InChI=1S/C15H19N3O2/c1-15(2,3)6-14(19)18-9-12(10-18)20-13-5-4-11(7-16)8-17-13/h4-5,8,12H,6,9-10H2,1-3H3. The summed E-state index contributed by atoms with van der Waals surface area (Å²) in [6.45, 7) is 7.38. The van der Waals surface area contributed by atoms with Crippen LogP contribution >= 0.6 is 0 Å². The molecule has 106 valence electrons. The molecular weight excluding hydrogens is 254 g/mol. The second-order valence-corrected chi connectivity index (χ2v) is 6.27. The normalized spacial score (nSPS) is 15.4. The predicted molar refractivity (Wildman–Crippen MR) is 74.0 cm³/mol. The van der Waals surface area contributed by atoms with Crippen molar-refractivity contribution >= 4 is 5.91 Å². The van der Waals surface area contributed by atoms with E-state index in [2.05, 4.69) is 25.8 Å². The number of hydrogen-bond acceptors (Lipinski definition) is 4. The number of carbonyl (C=O) groups excluding carboxylic acids is 1. The van der Waals surface area contributed by atoms with Gasteiger partial charge in [-0.2, -0.15) is 5.26 Å². The van der Waals surface area contributed by atoms with E-state index in [1.54, 1.807) is 17.0 Å². The summed E-state index contributed by atoms with van der Waals surface area (Å²) >= 11 is 0. The fourth-order valence-electron chi connectivity index (χ4n) is 1.97. The summed E-state index contributed by atoms with van der Waals surface area (Å²) in [6.07, 6.45) is 2.03. The van der Waals surface area contributed by atoms with Crippen molar-refractivity contribution in [1.82, 2.24) is 9.88 Å². The SMILES string of the molecule is CC(C)(C)CC(=O)N1CC(Oc2ccc(C#N)cn2)C1. The fourth-order valence-corrected chi connectivity index (χ4v) is 1.97. The Balaban J connectivity index is 1.79. The van der Waals surface area contributed by atoms with Gasteiger partial charge in [-0.25, -0.2) is 4.98 Å². The van der Waals surface area contributed by atoms with E-state index in [-0.39, 0.29) is 17.4 Å². The van der Waals surface area contributed by atoms with Crippen LogP contribution in [0, 0.1) is 16.7 Å². The van der Waals surface area contributed by atoms with E-state index in [4.69, 9.17) is 10.00 Å². The van der Waals surface area contributed by atoms with Crippen LogP contribution in [-0.2, 0) is 4.79 Å². The first kappa shape index (κ1) is 14.3. The van der Waals surface area contributed by atoms with E-state index in [0.717, 1.165) is 0 Å². The van der Waals surface area contributed by atoms with Crippen LogP contribution < -0.4 is 4.74 Å². The van der Waals surface area contributed by atoms with Crippen LogP contribution in [0.2, 0.25) is 0 Å². The Labute approximate surface area is 119 Å². The summed E-state index contributed by atoms with van der Waals surface area (Å²) in [5.74, 6) is 0.669. The average molecular weight is 273 g/mol. The Morgan fingerprint density at radius 3 is 2.70 bits per heavy atom. The zero-order valence-corrected chi connectivity index (χ0v) is 12.1. The Bertz CT molecular complexity index is 520. The fraction of sp³-hybridized carbons (Fsp3) is 0.533. The molecule has 1 saturated heterocycles. The molecule has 1 fully saturated rings. The van der Waals surface area contributed by atoms with Gasteiger partial charge in [-0.1, -0.05) is 20.8 Å². The maximum Gasteiger partial charge on any atom is 0.223 e. The first-order valence-electron chi connectivity index (χ1n) is 6.68. The maximum absolute atomic E-state index is 11.9. The van der Waals surface area contributed by atoms with Gasteiger partial charge >= 0.3 is 0 Å². The largest absolute Gasteiger partial charge is 0.471 e. The second-order valence-electron chi connectivity index (χ2n) is 6.27. The van der Waals surface area contributed by atoms with Crippen LogP contribution in [-0.4, -0.2) is 35.0 Å². The lowest BCUT2D eigenvalue weighted by Gasteiger charge is -2.39. The zero-order valence-electron chi connectivity index (χ0n) is 12.1. The van der Waals surface area contributed by atoms with Gasteiger partial charge in [0.05, 0.1) is 18.7 Å². The molecule has 0 radical (unpaired) electrons. The number of hydrogen-bond donors (Lipinski definition) is 0. The molecule has 0 unspecified atom stereocenters. The molecule has 0 aliphatic carbocycles. The number of likely N-dealkylation sites (tertiary alicyclic amines) is 1. The third-order valence-corrected chi connectivity index (χ3v) is 3.04. The smallest absolute Gasteiger partial charge is 0.223 e. The Kier molecular flexibility index (Phi) is 3.93. The van der Waals surface area contributed by atoms with Gasteiger partial charge in [0.25, 0.3) is 0 Å². The minimum absolute atomic E-state index is 0.000598. The lowest BCUT2D eigenvalue weighted by atomic mass is 9.91. The van der Waals surface area contributed by atoms with Crippen molar-refractivity contribution in [2.75, 3.05) is 13.1 Å². The highest BCUT2D eigenvalue weighted by Gasteiger charge is 2.33. The topological polar surface area (TPSA) is 66.2 Å². The molecule has 5 nitrogen and oxygen atoms in total. The molecule has 1 aliphatic rings. The lowest BCUT2D eigenvalue weighted by molar-refractivity contribution is -0.142. The van der Waals surface area contributed by atoms with E-state index in [9.17, 15) is 4.79 Å². The Morgan fingerprint density at radius 2 is 2.20 bits per heavy atom. The number of nitrogens with zero attached hydrogens (tertiary/aromatic N) is 3. The van der Waals surface area contributed by atoms with Crippen molar-refractivity contribution in [1.29, 1.82) is 5.26 Å². The zero-order chi connectivity index (χ0) is 14.8. The first-order chi connectivity index (χ1) is 9.37. The molecule has 0 spiro atoms. The number of carbonyl (C=O) groups is 1. The second kappa shape index (κ2) is 5.49. The third kappa shape index (κ3) is 3.70. The van der Waals surface area contributed by atoms with E-state index in [1.807, 2.05) is 6.07 Å². The molecule has 2 heterocycles. The van der Waals surface area contributed by atoms with Gasteiger partial charge in [0.2, 0.25) is 11.8 Å². The van der Waals surface area contributed by atoms with E-state index >= 15 is 0 Å². The van der Waals surface area contributed by atoms with Crippen molar-refractivity contribution in [2.45, 2.75) is 33.3 Å². The molecule has 1 amide bonds. The van der Waals surface area contributed by atoms with Gasteiger partial charge in [-0.05, 0) is 11.5 Å². The summed E-state index contributed by atoms with van der Waals surface area (Å²) in [5, 5.41) is 8.68. The molecule has 0 bridgehead atoms. The Hall–Kier alpha value is -2.09. The van der Waals surface area contributed by atoms with Crippen LogP contribution in [0.25, 0.3) is 0 Å². The van der Waals surface area contributed by atoms with Crippen LogP contribution in [0.15, 0.2) is 18.3 Å². The number of pyridine rings is 1. The highest BCUT2D eigenvalue weighted by molar-refractivity contribution is 5.77. The van der Waals surface area contributed by atoms with Crippen molar-refractivity contribution in [3.63, 3.8) is 0 Å². The quantitative estimate of drug-likeness (QED) is 0.844. The molecule has 1 aromatic rings. The minimum atomic E-state index is -0.000598. The number of amides is 1. The van der Waals surface area contributed by atoms with Crippen molar-refractivity contribution in [3.05, 3.63) is 23.9 Å². The summed E-state index contributed by atoms with van der Waals surface area (Å²) in [7, 11) is 0. The van der Waals surface area contributed by atoms with Crippen molar-refractivity contribution < 1.29 is 9.53 Å². The van der Waals surface area contributed by atoms with Gasteiger partial charge in [0, 0.05) is 18.7 Å². The first-order valence-corrected chi connectivity index (χ1v) is 6.68. The minimum Gasteiger partial charge on any atom is -0.471 e. The van der Waals surface area contributed by atoms with E-state index < -0.39 is 0 Å². The van der Waals surface area contributed by atoms with Crippen molar-refractivity contribution in [2.24, 2.45) is 5.41 Å². The number of ether oxygens (including phenoxy) is 1. The summed E-state index contributed by atoms with van der Waals surface area (Å²) in [6, 6.07) is 5.36. The molecule has 1 aromatic heterocycles. The number of rotatable bonds is 3. The van der Waals surface area contributed by atoms with Crippen LogP contribution in [0.4, 0.5) is 0 Å². The van der Waals surface area contributed by atoms with Crippen LogP contribution in [0.1, 0.15) is 32.8 Å². The molecule has 0 atom stereocenters. The summed E-state index contributed by atoms with van der Waals surface area (Å²) in [5.41, 5.74) is 0.519. The van der Waals surface area contributed by atoms with Crippen LogP contribution in [0.5, 0.6) is 5.88 Å². The summed E-state index contributed by atoms with van der Waals surface area (Å²) < 4.78 is 5.65. The molecule has 1 aliphatic heterocycles. The van der Waals surface area contributed by atoms with Gasteiger partial charge in [-0.3, -0.25) is 4.79 Å². The highest BCUT2D eigenvalue weighted by atomic mass is 16.5. The molecule has 0 aromatic carbocycles. The van der Waals surface area contributed by atoms with Crippen molar-refractivity contribution in [3.8, 4) is 11.9 Å². The number of aromatic nitrogens is 1. The molecule has 0 saturated carbocycles. The van der Waals surface area contributed by atoms with Gasteiger partial charge in [-0.15, -0.1) is 0 Å². The molecular formula is C15H19N3O2. The maximum atomic E-state index is 11.9. The molecule has 20 heavy (non-hydrogen) atoms. The lowest BCUT2D eigenvalue weighted by Crippen LogP contribution is -2.56. The molecule has 5 heteroatoms. The molecule has 2 rings (SSSR count). The number of nitriles is 1. The van der Waals surface area contributed by atoms with Crippen LogP contribution in [0.3, 0.4) is 0 Å². The van der Waals surface area contributed by atoms with E-state index in [0.29, 0.717) is 31.0 Å². The third-order valence-electron chi connectivity index (χ3n) is 3.04. The Morgan fingerprint density at radius 1 is 1.50 bits per heavy atom. The van der Waals surface area contributed by atoms with Gasteiger partial charge in [0.15, 0.2) is 0 Å². The van der Waals surface area contributed by atoms with E-state index in [1.165, 1.54) is 6.20 Å².